The van der Waals surface area contributed by atoms with E-state index in [2.05, 4.69) is 49.1 Å². The van der Waals surface area contributed by atoms with E-state index in [1.54, 1.807) is 36.2 Å². The molecule has 1 aromatic carbocycles. The van der Waals surface area contributed by atoms with E-state index in [4.69, 9.17) is 9.72 Å². The maximum absolute atomic E-state index is 13.1. The summed E-state index contributed by atoms with van der Waals surface area (Å²) in [7, 11) is 3.56. The molecule has 0 aliphatic carbocycles. The number of ether oxygens (including phenoxy) is 1. The largest absolute Gasteiger partial charge is 0.481 e. The van der Waals surface area contributed by atoms with Crippen LogP contribution in [-0.4, -0.2) is 82.6 Å². The SMILES string of the molecule is C=CCn1c(=O)c2cnc(Nc3ccc(N4CCN(CCCCNC)CC4)cc3)nc2n1-c1cccc(OC)n1. The topological polar surface area (TPSA) is 105 Å². The summed E-state index contributed by atoms with van der Waals surface area (Å²) in [6.45, 7) is 10.6. The second-order valence-electron chi connectivity index (χ2n) is 9.77. The van der Waals surface area contributed by atoms with Gasteiger partial charge < -0.3 is 20.3 Å². The van der Waals surface area contributed by atoms with Crippen LogP contribution in [0.15, 0.2) is 66.1 Å². The highest BCUT2D eigenvalue weighted by Gasteiger charge is 2.19. The first-order chi connectivity index (χ1) is 19.6. The van der Waals surface area contributed by atoms with Crippen molar-refractivity contribution in [2.45, 2.75) is 19.4 Å². The van der Waals surface area contributed by atoms with E-state index >= 15 is 0 Å². The molecular weight excluding hydrogens is 506 g/mol. The van der Waals surface area contributed by atoms with Gasteiger partial charge in [-0.1, -0.05) is 12.1 Å². The van der Waals surface area contributed by atoms with E-state index in [1.807, 2.05) is 25.2 Å². The van der Waals surface area contributed by atoms with Gasteiger partial charge in [0.2, 0.25) is 11.8 Å². The highest BCUT2D eigenvalue weighted by atomic mass is 16.5. The van der Waals surface area contributed by atoms with Crippen LogP contribution in [0.1, 0.15) is 12.8 Å². The van der Waals surface area contributed by atoms with Crippen molar-refractivity contribution in [2.75, 3.05) is 63.6 Å². The molecule has 2 N–H and O–H groups in total. The van der Waals surface area contributed by atoms with Crippen LogP contribution in [-0.2, 0) is 6.54 Å². The minimum absolute atomic E-state index is 0.214. The first kappa shape index (κ1) is 27.4. The molecule has 1 saturated heterocycles. The highest BCUT2D eigenvalue weighted by Crippen LogP contribution is 2.23. The third-order valence-corrected chi connectivity index (χ3v) is 7.12. The molecule has 0 radical (unpaired) electrons. The Balaban J connectivity index is 1.31. The average molecular weight is 544 g/mol. The lowest BCUT2D eigenvalue weighted by atomic mass is 10.2. The van der Waals surface area contributed by atoms with E-state index < -0.39 is 0 Å². The Bertz CT molecular complexity index is 1490. The summed E-state index contributed by atoms with van der Waals surface area (Å²) < 4.78 is 8.51. The predicted octanol–water partition coefficient (Wildman–Crippen LogP) is 3.04. The van der Waals surface area contributed by atoms with Crippen molar-refractivity contribution in [3.05, 3.63) is 71.7 Å². The second kappa shape index (κ2) is 12.8. The molecule has 0 unspecified atom stereocenters. The predicted molar refractivity (Wildman–Crippen MR) is 159 cm³/mol. The van der Waals surface area contributed by atoms with Gasteiger partial charge in [-0.05, 0) is 63.3 Å². The van der Waals surface area contributed by atoms with Gasteiger partial charge in [0.25, 0.3) is 5.56 Å². The zero-order valence-corrected chi connectivity index (χ0v) is 23.2. The van der Waals surface area contributed by atoms with E-state index in [0.717, 1.165) is 38.4 Å². The number of piperazine rings is 1. The van der Waals surface area contributed by atoms with Gasteiger partial charge in [-0.2, -0.15) is 9.97 Å². The quantitative estimate of drug-likeness (QED) is 0.206. The summed E-state index contributed by atoms with van der Waals surface area (Å²) in [5.74, 6) is 1.34. The molecule has 11 nitrogen and oxygen atoms in total. The number of hydrogen-bond acceptors (Lipinski definition) is 9. The zero-order chi connectivity index (χ0) is 27.9. The second-order valence-corrected chi connectivity index (χ2v) is 9.77. The standard InChI is InChI=1S/C29H37N9O2/c1-4-15-37-28(39)24-21-31-29(34-27(24)38(37)25-8-7-9-26(33-25)40-3)32-22-10-12-23(13-11-22)36-19-17-35(18-20-36)16-6-5-14-30-2/h4,7-13,21,30H,1,5-6,14-20H2,2-3H3,(H,31,32,34). The molecule has 5 rings (SSSR count). The van der Waals surface area contributed by atoms with Crippen molar-refractivity contribution >= 4 is 28.4 Å². The molecule has 1 aliphatic rings. The lowest BCUT2D eigenvalue weighted by Crippen LogP contribution is -2.46. The van der Waals surface area contributed by atoms with Crippen LogP contribution in [0.2, 0.25) is 0 Å². The van der Waals surface area contributed by atoms with Crippen molar-refractivity contribution in [3.63, 3.8) is 0 Å². The van der Waals surface area contributed by atoms with Gasteiger partial charge in [-0.3, -0.25) is 9.69 Å². The summed E-state index contributed by atoms with van der Waals surface area (Å²) in [6, 6.07) is 13.7. The van der Waals surface area contributed by atoms with Crippen molar-refractivity contribution in [1.82, 2.24) is 34.5 Å². The molecule has 0 bridgehead atoms. The fourth-order valence-corrected chi connectivity index (χ4v) is 5.00. The van der Waals surface area contributed by atoms with Gasteiger partial charge in [0, 0.05) is 49.8 Å². The van der Waals surface area contributed by atoms with Gasteiger partial charge in [0.1, 0.15) is 5.39 Å². The maximum atomic E-state index is 13.1. The number of nitrogens with zero attached hydrogens (tertiary/aromatic N) is 7. The summed E-state index contributed by atoms with van der Waals surface area (Å²) in [5.41, 5.74) is 2.31. The number of methoxy groups -OCH3 is 1. The van der Waals surface area contributed by atoms with Gasteiger partial charge in [0.05, 0.1) is 13.7 Å². The van der Waals surface area contributed by atoms with E-state index in [0.29, 0.717) is 35.2 Å². The molecule has 11 heteroatoms. The van der Waals surface area contributed by atoms with Crippen LogP contribution in [0.4, 0.5) is 17.3 Å². The Kier molecular flexibility index (Phi) is 8.72. The fraction of sp³-hybridized carbons (Fsp3) is 0.379. The van der Waals surface area contributed by atoms with Crippen LogP contribution in [0.5, 0.6) is 5.88 Å². The number of nitrogens with one attached hydrogen (secondary N) is 2. The Morgan fingerprint density at radius 1 is 1.05 bits per heavy atom. The summed E-state index contributed by atoms with van der Waals surface area (Å²) in [6.07, 6.45) is 5.67. The number of anilines is 3. The van der Waals surface area contributed by atoms with Crippen LogP contribution >= 0.6 is 0 Å². The molecule has 4 heterocycles. The molecule has 4 aromatic rings. The van der Waals surface area contributed by atoms with E-state index in [9.17, 15) is 4.79 Å². The zero-order valence-electron chi connectivity index (χ0n) is 23.2. The van der Waals surface area contributed by atoms with E-state index in [1.165, 1.54) is 29.8 Å². The molecule has 210 valence electrons. The van der Waals surface area contributed by atoms with Gasteiger partial charge in [0.15, 0.2) is 11.5 Å². The van der Waals surface area contributed by atoms with Crippen LogP contribution in [0, 0.1) is 0 Å². The first-order valence-electron chi connectivity index (χ1n) is 13.7. The lowest BCUT2D eigenvalue weighted by Gasteiger charge is -2.36. The molecule has 1 aliphatic heterocycles. The van der Waals surface area contributed by atoms with Crippen LogP contribution < -0.4 is 25.8 Å². The Morgan fingerprint density at radius 3 is 2.58 bits per heavy atom. The molecular formula is C29H37N9O2. The van der Waals surface area contributed by atoms with E-state index in [-0.39, 0.29) is 5.56 Å². The fourth-order valence-electron chi connectivity index (χ4n) is 5.00. The number of allylic oxidation sites excluding steroid dienone is 1. The molecule has 0 amide bonds. The number of hydrogen-bond donors (Lipinski definition) is 2. The van der Waals surface area contributed by atoms with Crippen molar-refractivity contribution in [3.8, 4) is 11.7 Å². The number of benzene rings is 1. The molecule has 0 spiro atoms. The molecule has 1 fully saturated rings. The number of pyridine rings is 1. The Hall–Kier alpha value is -4.22. The highest BCUT2D eigenvalue weighted by molar-refractivity contribution is 5.77. The number of fused-ring (bicyclic) bond motifs is 1. The Labute approximate surface area is 234 Å². The van der Waals surface area contributed by atoms with Crippen molar-refractivity contribution in [1.29, 1.82) is 0 Å². The van der Waals surface area contributed by atoms with Gasteiger partial charge in [-0.15, -0.1) is 6.58 Å². The number of rotatable bonds is 12. The molecule has 40 heavy (non-hydrogen) atoms. The minimum atomic E-state index is -0.214. The molecule has 3 aromatic heterocycles. The van der Waals surface area contributed by atoms with Crippen LogP contribution in [0.3, 0.4) is 0 Å². The number of unbranched alkanes of at least 4 members (excludes halogenated alkanes) is 1. The van der Waals surface area contributed by atoms with Crippen molar-refractivity contribution in [2.24, 2.45) is 0 Å². The smallest absolute Gasteiger partial charge is 0.278 e. The summed E-state index contributed by atoms with van der Waals surface area (Å²) in [5, 5.41) is 6.90. The first-order valence-corrected chi connectivity index (χ1v) is 13.7. The van der Waals surface area contributed by atoms with Gasteiger partial charge >= 0.3 is 0 Å². The van der Waals surface area contributed by atoms with Gasteiger partial charge in [-0.25, -0.2) is 14.3 Å². The van der Waals surface area contributed by atoms with Crippen molar-refractivity contribution < 1.29 is 4.74 Å². The molecule has 0 atom stereocenters. The lowest BCUT2D eigenvalue weighted by molar-refractivity contribution is 0.253. The third-order valence-electron chi connectivity index (χ3n) is 7.12. The van der Waals surface area contributed by atoms with Crippen LogP contribution in [0.25, 0.3) is 16.9 Å². The average Bonchev–Trinajstić information content (AvgIpc) is 3.26. The molecule has 0 saturated carbocycles. The Morgan fingerprint density at radius 2 is 1.85 bits per heavy atom. The minimum Gasteiger partial charge on any atom is -0.481 e. The normalized spacial score (nSPS) is 14.0. The summed E-state index contributed by atoms with van der Waals surface area (Å²) in [4.78, 5) is 31.8. The number of aromatic nitrogens is 5. The monoisotopic (exact) mass is 543 g/mol. The maximum Gasteiger partial charge on any atom is 0.278 e. The summed E-state index contributed by atoms with van der Waals surface area (Å²) >= 11 is 0. The third kappa shape index (κ3) is 6.00.